The van der Waals surface area contributed by atoms with E-state index in [-0.39, 0.29) is 29.9 Å². The third-order valence-electron chi connectivity index (χ3n) is 4.31. The Balaban J connectivity index is 1.75. The van der Waals surface area contributed by atoms with Crippen LogP contribution in [-0.4, -0.2) is 29.7 Å². The van der Waals surface area contributed by atoms with Crippen molar-refractivity contribution in [2.75, 3.05) is 6.54 Å². The molecule has 0 aromatic heterocycles. The molecule has 2 aliphatic carbocycles. The van der Waals surface area contributed by atoms with Gasteiger partial charge in [-0.15, -0.1) is 0 Å². The Bertz CT molecular complexity index is 270. The number of amides is 1. The Hall–Kier alpha value is -0.610. The van der Waals surface area contributed by atoms with Crippen molar-refractivity contribution in [1.82, 2.24) is 5.32 Å². The summed E-state index contributed by atoms with van der Waals surface area (Å²) in [4.78, 5) is 11.9. The lowest BCUT2D eigenvalue weighted by atomic mass is 9.86. The van der Waals surface area contributed by atoms with Crippen LogP contribution in [0.15, 0.2) is 0 Å². The number of nitrogens with one attached hydrogen (secondary N) is 1. The molecule has 2 saturated carbocycles. The fraction of sp³-hybridized carbons (Fsp3) is 0.923. The van der Waals surface area contributed by atoms with E-state index in [0.29, 0.717) is 6.54 Å². The summed E-state index contributed by atoms with van der Waals surface area (Å²) in [7, 11) is 0. The van der Waals surface area contributed by atoms with Gasteiger partial charge < -0.3 is 16.2 Å². The number of rotatable bonds is 3. The van der Waals surface area contributed by atoms with Crippen LogP contribution in [0, 0.1) is 11.8 Å². The zero-order valence-electron chi connectivity index (χ0n) is 10.4. The van der Waals surface area contributed by atoms with Gasteiger partial charge in [0.2, 0.25) is 5.91 Å². The molecular formula is C13H24N2O2. The third-order valence-corrected chi connectivity index (χ3v) is 4.31. The summed E-state index contributed by atoms with van der Waals surface area (Å²) >= 11 is 0. The lowest BCUT2D eigenvalue weighted by Gasteiger charge is -2.28. The van der Waals surface area contributed by atoms with Gasteiger partial charge in [-0.25, -0.2) is 0 Å². The van der Waals surface area contributed by atoms with E-state index in [1.807, 2.05) is 0 Å². The largest absolute Gasteiger partial charge is 0.393 e. The quantitative estimate of drug-likeness (QED) is 0.682. The maximum Gasteiger partial charge on any atom is 0.224 e. The average molecular weight is 240 g/mol. The predicted molar refractivity (Wildman–Crippen MR) is 66.3 cm³/mol. The number of aliphatic hydroxyl groups excluding tert-OH is 1. The molecule has 2 aliphatic rings. The van der Waals surface area contributed by atoms with Crippen LogP contribution in [0.2, 0.25) is 0 Å². The van der Waals surface area contributed by atoms with E-state index in [1.54, 1.807) is 0 Å². The second kappa shape index (κ2) is 5.83. The molecule has 4 heteroatoms. The van der Waals surface area contributed by atoms with Gasteiger partial charge in [0.1, 0.15) is 0 Å². The van der Waals surface area contributed by atoms with Crippen LogP contribution in [0.3, 0.4) is 0 Å². The molecule has 4 unspecified atom stereocenters. The van der Waals surface area contributed by atoms with Crippen LogP contribution < -0.4 is 11.1 Å². The Morgan fingerprint density at radius 3 is 2.59 bits per heavy atom. The van der Waals surface area contributed by atoms with E-state index >= 15 is 0 Å². The molecule has 17 heavy (non-hydrogen) atoms. The lowest BCUT2D eigenvalue weighted by Crippen LogP contribution is -2.42. The molecule has 0 heterocycles. The molecule has 0 radical (unpaired) electrons. The van der Waals surface area contributed by atoms with Crippen molar-refractivity contribution in [3.63, 3.8) is 0 Å². The molecule has 2 fully saturated rings. The average Bonchev–Trinajstić information content (AvgIpc) is 2.74. The van der Waals surface area contributed by atoms with Gasteiger partial charge in [0.15, 0.2) is 0 Å². The van der Waals surface area contributed by atoms with Gasteiger partial charge in [-0.3, -0.25) is 4.79 Å². The summed E-state index contributed by atoms with van der Waals surface area (Å²) in [6.07, 6.45) is 6.89. The molecule has 0 aromatic carbocycles. The monoisotopic (exact) mass is 240 g/mol. The highest BCUT2D eigenvalue weighted by Gasteiger charge is 2.31. The second-order valence-corrected chi connectivity index (χ2v) is 5.56. The van der Waals surface area contributed by atoms with E-state index in [1.165, 1.54) is 6.42 Å². The first-order chi connectivity index (χ1) is 8.18. The summed E-state index contributed by atoms with van der Waals surface area (Å²) in [5.74, 6) is 0.328. The van der Waals surface area contributed by atoms with Gasteiger partial charge in [0.25, 0.3) is 0 Å². The fourth-order valence-corrected chi connectivity index (χ4v) is 3.10. The van der Waals surface area contributed by atoms with Crippen molar-refractivity contribution in [3.8, 4) is 0 Å². The van der Waals surface area contributed by atoms with Crippen molar-refractivity contribution in [3.05, 3.63) is 0 Å². The van der Waals surface area contributed by atoms with Gasteiger partial charge in [-0.2, -0.15) is 0 Å². The van der Waals surface area contributed by atoms with Gasteiger partial charge in [0, 0.05) is 18.5 Å². The molecule has 0 aromatic rings. The second-order valence-electron chi connectivity index (χ2n) is 5.56. The van der Waals surface area contributed by atoms with Crippen LogP contribution in [-0.2, 0) is 4.79 Å². The lowest BCUT2D eigenvalue weighted by molar-refractivity contribution is -0.125. The van der Waals surface area contributed by atoms with Crippen molar-refractivity contribution in [2.45, 2.75) is 57.1 Å². The molecule has 0 aliphatic heterocycles. The van der Waals surface area contributed by atoms with E-state index in [4.69, 9.17) is 5.73 Å². The van der Waals surface area contributed by atoms with Crippen LogP contribution >= 0.6 is 0 Å². The Morgan fingerprint density at radius 1 is 1.18 bits per heavy atom. The maximum atomic E-state index is 11.9. The van der Waals surface area contributed by atoms with Crippen LogP contribution in [0.1, 0.15) is 44.9 Å². The van der Waals surface area contributed by atoms with E-state index < -0.39 is 0 Å². The smallest absolute Gasteiger partial charge is 0.224 e. The first-order valence-corrected chi connectivity index (χ1v) is 6.90. The molecule has 4 atom stereocenters. The van der Waals surface area contributed by atoms with E-state index in [2.05, 4.69) is 5.32 Å². The van der Waals surface area contributed by atoms with Gasteiger partial charge >= 0.3 is 0 Å². The zero-order valence-corrected chi connectivity index (χ0v) is 10.4. The summed E-state index contributed by atoms with van der Waals surface area (Å²) in [5, 5.41) is 12.8. The van der Waals surface area contributed by atoms with E-state index in [0.717, 1.165) is 38.5 Å². The summed E-state index contributed by atoms with van der Waals surface area (Å²) < 4.78 is 0. The molecule has 1 amide bonds. The number of nitrogens with two attached hydrogens (primary N) is 1. The Morgan fingerprint density at radius 2 is 1.94 bits per heavy atom. The zero-order chi connectivity index (χ0) is 12.3. The van der Waals surface area contributed by atoms with Crippen LogP contribution in [0.25, 0.3) is 0 Å². The molecule has 0 spiro atoms. The first kappa shape index (κ1) is 12.8. The fourth-order valence-electron chi connectivity index (χ4n) is 3.10. The first-order valence-electron chi connectivity index (χ1n) is 6.90. The van der Waals surface area contributed by atoms with Crippen molar-refractivity contribution in [1.29, 1.82) is 0 Å². The molecule has 4 N–H and O–H groups in total. The molecule has 0 saturated heterocycles. The minimum absolute atomic E-state index is 0.00395. The summed E-state index contributed by atoms with van der Waals surface area (Å²) in [5.41, 5.74) is 5.91. The predicted octanol–water partition coefficient (Wildman–Crippen LogP) is 0.781. The highest BCUT2D eigenvalue weighted by atomic mass is 16.3. The molecule has 2 rings (SSSR count). The number of carbonyl (C=O) groups excluding carboxylic acids is 1. The minimum Gasteiger partial charge on any atom is -0.393 e. The van der Waals surface area contributed by atoms with Gasteiger partial charge in [0.05, 0.1) is 12.0 Å². The Labute approximate surface area is 103 Å². The van der Waals surface area contributed by atoms with E-state index in [9.17, 15) is 9.90 Å². The van der Waals surface area contributed by atoms with Crippen molar-refractivity contribution >= 4 is 5.91 Å². The molecular weight excluding hydrogens is 216 g/mol. The highest BCUT2D eigenvalue weighted by Crippen LogP contribution is 2.26. The molecule has 98 valence electrons. The van der Waals surface area contributed by atoms with Crippen molar-refractivity contribution in [2.24, 2.45) is 17.6 Å². The number of carbonyl (C=O) groups is 1. The molecule has 0 bridgehead atoms. The van der Waals surface area contributed by atoms with Crippen LogP contribution in [0.5, 0.6) is 0 Å². The number of hydrogen-bond acceptors (Lipinski definition) is 3. The number of hydrogen-bond donors (Lipinski definition) is 3. The summed E-state index contributed by atoms with van der Waals surface area (Å²) in [6, 6.07) is 0.0336. The number of aliphatic hydroxyl groups is 1. The summed E-state index contributed by atoms with van der Waals surface area (Å²) in [6.45, 7) is 0.614. The molecule has 4 nitrogen and oxygen atoms in total. The topological polar surface area (TPSA) is 75.4 Å². The van der Waals surface area contributed by atoms with Crippen LogP contribution in [0.4, 0.5) is 0 Å². The SMILES string of the molecule is NC1CCCC1C(=O)NCC1CCCCC1O. The minimum atomic E-state index is -0.235. The third kappa shape index (κ3) is 3.19. The van der Waals surface area contributed by atoms with Crippen molar-refractivity contribution < 1.29 is 9.90 Å². The van der Waals surface area contributed by atoms with Gasteiger partial charge in [-0.1, -0.05) is 19.3 Å². The highest BCUT2D eigenvalue weighted by molar-refractivity contribution is 5.79. The maximum absolute atomic E-state index is 11.9. The standard InChI is InChI=1S/C13H24N2O2/c14-11-6-3-5-10(11)13(17)15-8-9-4-1-2-7-12(9)16/h9-12,16H,1-8,14H2,(H,15,17). The normalized spacial score (nSPS) is 38.0. The van der Waals surface area contributed by atoms with Gasteiger partial charge in [-0.05, 0) is 25.7 Å². The Kier molecular flexibility index (Phi) is 4.40.